The fourth-order valence-corrected chi connectivity index (χ4v) is 8.96. The molecule has 4 saturated carbocycles. The second kappa shape index (κ2) is 9.45. The third-order valence-electron chi connectivity index (χ3n) is 10.9. The lowest BCUT2D eigenvalue weighted by molar-refractivity contribution is -0.180. The molecule has 2 N–H and O–H groups in total. The first kappa shape index (κ1) is 23.5. The van der Waals surface area contributed by atoms with Gasteiger partial charge in [0.05, 0.1) is 38.1 Å². The van der Waals surface area contributed by atoms with Crippen molar-refractivity contribution in [3.8, 4) is 0 Å². The van der Waals surface area contributed by atoms with E-state index in [1.54, 1.807) is 0 Å². The molecule has 0 amide bonds. The van der Waals surface area contributed by atoms with Gasteiger partial charge in [0.25, 0.3) is 0 Å². The Balaban J connectivity index is 1.12. The van der Waals surface area contributed by atoms with E-state index in [4.69, 9.17) is 9.47 Å². The molecule has 0 aromatic rings. The standard InChI is InChI=1S/C27H47NO4/c1-26-9-7-19(32-16-15-31-14-13-28-11-3-4-12-28)17-23(26)24(29)18-20-21-5-6-25(30)27(21,2)10-8-22(20)26/h19-25,29-30H,3-18H2,1-2H3/t19?,20-,21-,22+,23?,24?,25?,26+,27-/m0/s1. The first-order chi connectivity index (χ1) is 15.4. The minimum atomic E-state index is -0.218. The Morgan fingerprint density at radius 3 is 2.38 bits per heavy atom. The lowest BCUT2D eigenvalue weighted by Crippen LogP contribution is -2.58. The fraction of sp³-hybridized carbons (Fsp3) is 1.00. The van der Waals surface area contributed by atoms with Crippen LogP contribution in [0.4, 0.5) is 0 Å². The van der Waals surface area contributed by atoms with Crippen molar-refractivity contribution in [3.63, 3.8) is 0 Å². The number of rotatable bonds is 7. The van der Waals surface area contributed by atoms with Crippen LogP contribution < -0.4 is 0 Å². The van der Waals surface area contributed by atoms with E-state index in [0.717, 1.165) is 51.7 Å². The molecule has 1 heterocycles. The highest BCUT2D eigenvalue weighted by molar-refractivity contribution is 5.11. The van der Waals surface area contributed by atoms with Gasteiger partial charge in [-0.25, -0.2) is 0 Å². The zero-order chi connectivity index (χ0) is 22.3. The molecule has 4 aliphatic carbocycles. The van der Waals surface area contributed by atoms with Gasteiger partial charge in [0.15, 0.2) is 0 Å². The molecule has 0 aromatic heterocycles. The number of aliphatic hydroxyl groups excluding tert-OH is 2. The number of hydrogen-bond acceptors (Lipinski definition) is 5. The molecule has 9 atom stereocenters. The highest BCUT2D eigenvalue weighted by Crippen LogP contribution is 2.66. The summed E-state index contributed by atoms with van der Waals surface area (Å²) in [5.41, 5.74) is 0.308. The molecule has 1 saturated heterocycles. The number of ether oxygens (including phenoxy) is 2. The number of nitrogens with zero attached hydrogens (tertiary/aromatic N) is 1. The van der Waals surface area contributed by atoms with Gasteiger partial charge in [-0.05, 0) is 112 Å². The molecule has 5 heteroatoms. The largest absolute Gasteiger partial charge is 0.393 e. The van der Waals surface area contributed by atoms with Crippen molar-refractivity contribution in [1.29, 1.82) is 0 Å². The predicted molar refractivity (Wildman–Crippen MR) is 125 cm³/mol. The van der Waals surface area contributed by atoms with Gasteiger partial charge in [-0.1, -0.05) is 13.8 Å². The molecular weight excluding hydrogens is 402 g/mol. The molecule has 1 aliphatic heterocycles. The molecule has 0 radical (unpaired) electrons. The van der Waals surface area contributed by atoms with Crippen molar-refractivity contribution < 1.29 is 19.7 Å². The Bertz CT molecular complexity index is 639. The Kier molecular flexibility index (Phi) is 6.95. The van der Waals surface area contributed by atoms with Crippen molar-refractivity contribution in [3.05, 3.63) is 0 Å². The van der Waals surface area contributed by atoms with Crippen LogP contribution in [0.2, 0.25) is 0 Å². The number of hydrogen-bond donors (Lipinski definition) is 2. The highest BCUT2D eigenvalue weighted by Gasteiger charge is 2.62. The van der Waals surface area contributed by atoms with E-state index in [9.17, 15) is 10.2 Å². The fourth-order valence-electron chi connectivity index (χ4n) is 8.96. The monoisotopic (exact) mass is 449 g/mol. The maximum atomic E-state index is 11.3. The minimum absolute atomic E-state index is 0.0825. The summed E-state index contributed by atoms with van der Waals surface area (Å²) in [6.45, 7) is 10.5. The number of aliphatic hydroxyl groups is 2. The molecule has 184 valence electrons. The second-order valence-corrected chi connectivity index (χ2v) is 12.4. The highest BCUT2D eigenvalue weighted by atomic mass is 16.5. The normalized spacial score (nSPS) is 48.9. The van der Waals surface area contributed by atoms with Crippen LogP contribution in [0.25, 0.3) is 0 Å². The lowest BCUT2D eigenvalue weighted by atomic mass is 9.44. The van der Waals surface area contributed by atoms with Crippen LogP contribution in [0.1, 0.15) is 78.1 Å². The zero-order valence-corrected chi connectivity index (χ0v) is 20.5. The van der Waals surface area contributed by atoms with Crippen LogP contribution in [0.5, 0.6) is 0 Å². The van der Waals surface area contributed by atoms with Crippen molar-refractivity contribution in [2.75, 3.05) is 39.5 Å². The van der Waals surface area contributed by atoms with E-state index in [0.29, 0.717) is 36.9 Å². The smallest absolute Gasteiger partial charge is 0.0704 e. The van der Waals surface area contributed by atoms with Gasteiger partial charge >= 0.3 is 0 Å². The summed E-state index contributed by atoms with van der Waals surface area (Å²) in [5.74, 6) is 2.24. The Morgan fingerprint density at radius 1 is 0.812 bits per heavy atom. The Labute approximate surface area is 195 Å². The summed E-state index contributed by atoms with van der Waals surface area (Å²) in [6, 6.07) is 0. The minimum Gasteiger partial charge on any atom is -0.393 e. The van der Waals surface area contributed by atoms with Crippen LogP contribution in [0.3, 0.4) is 0 Å². The van der Waals surface area contributed by atoms with Crippen molar-refractivity contribution in [2.45, 2.75) is 96.4 Å². The maximum absolute atomic E-state index is 11.3. The summed E-state index contributed by atoms with van der Waals surface area (Å²) >= 11 is 0. The average Bonchev–Trinajstić information content (AvgIpc) is 3.39. The van der Waals surface area contributed by atoms with E-state index in [-0.39, 0.29) is 29.1 Å². The molecule has 5 nitrogen and oxygen atoms in total. The van der Waals surface area contributed by atoms with Gasteiger partial charge in [-0.3, -0.25) is 0 Å². The SMILES string of the molecule is C[C@]12CCC(OCCOCCN3CCCC3)CC1C(O)C[C@@H]1[C@H]2CC[C@]2(C)C(O)CC[C@@H]12. The average molecular weight is 450 g/mol. The van der Waals surface area contributed by atoms with Crippen molar-refractivity contribution in [2.24, 2.45) is 34.5 Å². The van der Waals surface area contributed by atoms with Crippen LogP contribution in [-0.4, -0.2) is 72.9 Å². The molecule has 5 fully saturated rings. The van der Waals surface area contributed by atoms with E-state index in [1.807, 2.05) is 0 Å². The van der Waals surface area contributed by atoms with Gasteiger partial charge in [0.1, 0.15) is 0 Å². The second-order valence-electron chi connectivity index (χ2n) is 12.4. The van der Waals surface area contributed by atoms with Gasteiger partial charge in [0.2, 0.25) is 0 Å². The molecule has 0 spiro atoms. The van der Waals surface area contributed by atoms with E-state index in [2.05, 4.69) is 18.7 Å². The first-order valence-corrected chi connectivity index (χ1v) is 13.7. The quantitative estimate of drug-likeness (QED) is 0.578. The maximum Gasteiger partial charge on any atom is 0.0704 e. The summed E-state index contributed by atoms with van der Waals surface area (Å²) in [7, 11) is 0. The first-order valence-electron chi connectivity index (χ1n) is 13.7. The molecule has 5 rings (SSSR count). The molecule has 0 bridgehead atoms. The van der Waals surface area contributed by atoms with E-state index < -0.39 is 0 Å². The van der Waals surface area contributed by atoms with Gasteiger partial charge < -0.3 is 24.6 Å². The van der Waals surface area contributed by atoms with Gasteiger partial charge in [-0.2, -0.15) is 0 Å². The third kappa shape index (κ3) is 4.19. The van der Waals surface area contributed by atoms with Gasteiger partial charge in [0, 0.05) is 6.54 Å². The van der Waals surface area contributed by atoms with E-state index >= 15 is 0 Å². The molecular formula is C27H47NO4. The van der Waals surface area contributed by atoms with Crippen LogP contribution in [0.15, 0.2) is 0 Å². The Hall–Kier alpha value is -0.200. The summed E-state index contributed by atoms with van der Waals surface area (Å²) < 4.78 is 12.1. The molecule has 4 unspecified atom stereocenters. The van der Waals surface area contributed by atoms with Gasteiger partial charge in [-0.15, -0.1) is 0 Å². The van der Waals surface area contributed by atoms with E-state index in [1.165, 1.54) is 38.8 Å². The van der Waals surface area contributed by atoms with Crippen molar-refractivity contribution in [1.82, 2.24) is 4.90 Å². The predicted octanol–water partition coefficient (Wildman–Crippen LogP) is 3.86. The van der Waals surface area contributed by atoms with Crippen LogP contribution in [-0.2, 0) is 9.47 Å². The summed E-state index contributed by atoms with van der Waals surface area (Å²) in [6.07, 6.45) is 11.3. The molecule has 32 heavy (non-hydrogen) atoms. The molecule has 5 aliphatic rings. The number of likely N-dealkylation sites (tertiary alicyclic amines) is 1. The third-order valence-corrected chi connectivity index (χ3v) is 10.9. The molecule has 0 aromatic carbocycles. The van der Waals surface area contributed by atoms with Crippen LogP contribution >= 0.6 is 0 Å². The van der Waals surface area contributed by atoms with Crippen molar-refractivity contribution >= 4 is 0 Å². The lowest BCUT2D eigenvalue weighted by Gasteiger charge is -2.62. The number of fused-ring (bicyclic) bond motifs is 5. The van der Waals surface area contributed by atoms with Crippen LogP contribution in [0, 0.1) is 34.5 Å². The zero-order valence-electron chi connectivity index (χ0n) is 20.5. The summed E-state index contributed by atoms with van der Waals surface area (Å²) in [4.78, 5) is 2.49. The summed E-state index contributed by atoms with van der Waals surface area (Å²) in [5, 5.41) is 22.0. The topological polar surface area (TPSA) is 62.2 Å². The Morgan fingerprint density at radius 2 is 1.56 bits per heavy atom.